The standard InChI is InChI=1S/C26H32F3N5O3/c1-23(2,3)19(32-22(37)26(27,28)29)21(36)34-12-16-17(24(16,4)5)18(34)20(35)33-25(13-30)9-6-7-14-8-10-31-11-15(14)25/h8,10-11,16-19H,6-7,9,12H2,1-5H3,(H,32,37)(H,33,35)/t16-,17-,18-,19+,25+/m0/s1. The lowest BCUT2D eigenvalue weighted by atomic mass is 9.78. The number of piperidine rings is 1. The molecule has 0 unspecified atom stereocenters. The second-order valence-corrected chi connectivity index (χ2v) is 12.1. The topological polar surface area (TPSA) is 115 Å². The van der Waals surface area contributed by atoms with E-state index < -0.39 is 46.9 Å². The molecule has 3 amide bonds. The van der Waals surface area contributed by atoms with Gasteiger partial charge in [-0.3, -0.25) is 19.4 Å². The summed E-state index contributed by atoms with van der Waals surface area (Å²) in [6, 6.07) is 1.59. The molecule has 5 atom stereocenters. The third kappa shape index (κ3) is 4.55. The van der Waals surface area contributed by atoms with Crippen molar-refractivity contribution in [1.82, 2.24) is 20.5 Å². The Morgan fingerprint density at radius 2 is 1.92 bits per heavy atom. The molecule has 4 rings (SSSR count). The van der Waals surface area contributed by atoms with E-state index in [-0.39, 0.29) is 23.8 Å². The van der Waals surface area contributed by atoms with Gasteiger partial charge in [0.05, 0.1) is 6.07 Å². The molecule has 1 aromatic heterocycles. The molecule has 3 aliphatic rings. The van der Waals surface area contributed by atoms with Gasteiger partial charge in [0, 0.05) is 24.5 Å². The van der Waals surface area contributed by atoms with Crippen LogP contribution in [0.2, 0.25) is 0 Å². The number of nitrogens with zero attached hydrogens (tertiary/aromatic N) is 3. The fourth-order valence-corrected chi connectivity index (χ4v) is 6.10. The molecule has 0 spiro atoms. The van der Waals surface area contributed by atoms with Gasteiger partial charge < -0.3 is 15.5 Å². The maximum absolute atomic E-state index is 13.8. The fraction of sp³-hybridized carbons (Fsp3) is 0.654. The number of aryl methyl sites for hydroxylation is 1. The molecule has 1 aromatic rings. The Balaban J connectivity index is 1.65. The number of pyridine rings is 1. The maximum atomic E-state index is 13.8. The minimum atomic E-state index is -5.16. The van der Waals surface area contributed by atoms with Crippen LogP contribution in [0.15, 0.2) is 18.5 Å². The molecule has 0 bridgehead atoms. The molecule has 2 heterocycles. The number of alkyl halides is 3. The number of likely N-dealkylation sites (tertiary alicyclic amines) is 1. The van der Waals surface area contributed by atoms with Crippen LogP contribution in [-0.4, -0.2) is 52.4 Å². The van der Waals surface area contributed by atoms with Gasteiger partial charge in [0.1, 0.15) is 12.1 Å². The highest BCUT2D eigenvalue weighted by Crippen LogP contribution is 2.65. The van der Waals surface area contributed by atoms with Gasteiger partial charge in [0.2, 0.25) is 11.8 Å². The number of carbonyl (C=O) groups excluding carboxylic acids is 3. The van der Waals surface area contributed by atoms with Crippen LogP contribution < -0.4 is 10.6 Å². The first-order valence-corrected chi connectivity index (χ1v) is 12.4. The first-order chi connectivity index (χ1) is 17.0. The number of hydrogen-bond acceptors (Lipinski definition) is 5. The van der Waals surface area contributed by atoms with Crippen molar-refractivity contribution in [2.24, 2.45) is 22.7 Å². The summed E-state index contributed by atoms with van der Waals surface area (Å²) in [5.74, 6) is -3.72. The molecule has 37 heavy (non-hydrogen) atoms. The summed E-state index contributed by atoms with van der Waals surface area (Å²) in [6.45, 7) is 8.81. The molecule has 0 aromatic carbocycles. The summed E-state index contributed by atoms with van der Waals surface area (Å²) >= 11 is 0. The number of aromatic nitrogens is 1. The van der Waals surface area contributed by atoms with Crippen molar-refractivity contribution in [1.29, 1.82) is 5.26 Å². The van der Waals surface area contributed by atoms with E-state index in [9.17, 15) is 32.8 Å². The third-order valence-corrected chi connectivity index (χ3v) is 8.30. The SMILES string of the molecule is CC(C)(C)[C@H](NC(=O)C(F)(F)F)C(=O)N1C[C@H]2[C@@H]([C@H]1C(=O)N[C@@]1(C#N)CCCc3ccncc31)C2(C)C. The van der Waals surface area contributed by atoms with Gasteiger partial charge in [-0.05, 0) is 53.6 Å². The second-order valence-electron chi connectivity index (χ2n) is 12.1. The Kier molecular flexibility index (Phi) is 6.33. The molecular weight excluding hydrogens is 487 g/mol. The normalized spacial score (nSPS) is 28.8. The monoisotopic (exact) mass is 519 g/mol. The lowest BCUT2D eigenvalue weighted by Gasteiger charge is -2.39. The first kappa shape index (κ1) is 26.9. The van der Waals surface area contributed by atoms with Crippen molar-refractivity contribution in [3.8, 4) is 6.07 Å². The van der Waals surface area contributed by atoms with Crippen molar-refractivity contribution < 1.29 is 27.6 Å². The zero-order chi connectivity index (χ0) is 27.6. The van der Waals surface area contributed by atoms with Crippen molar-refractivity contribution >= 4 is 17.7 Å². The molecule has 2 N–H and O–H groups in total. The number of hydrogen-bond donors (Lipinski definition) is 2. The Labute approximate surface area is 214 Å². The van der Waals surface area contributed by atoms with Crippen molar-refractivity contribution in [2.45, 2.75) is 77.7 Å². The largest absolute Gasteiger partial charge is 0.471 e. The van der Waals surface area contributed by atoms with Crippen molar-refractivity contribution in [2.75, 3.05) is 6.54 Å². The van der Waals surface area contributed by atoms with Gasteiger partial charge in [-0.2, -0.15) is 18.4 Å². The van der Waals surface area contributed by atoms with Gasteiger partial charge in [-0.1, -0.05) is 34.6 Å². The van der Waals surface area contributed by atoms with E-state index in [0.29, 0.717) is 18.4 Å². The summed E-state index contributed by atoms with van der Waals surface area (Å²) in [5.41, 5.74) is -1.10. The predicted octanol–water partition coefficient (Wildman–Crippen LogP) is 2.83. The molecule has 0 radical (unpaired) electrons. The Morgan fingerprint density at radius 1 is 1.24 bits per heavy atom. The van der Waals surface area contributed by atoms with Gasteiger partial charge in [0.15, 0.2) is 5.54 Å². The number of amides is 3. The lowest BCUT2D eigenvalue weighted by Crippen LogP contribution is -2.61. The number of nitrogens with one attached hydrogen (secondary N) is 2. The van der Waals surface area contributed by atoms with Crippen LogP contribution in [0.25, 0.3) is 0 Å². The average Bonchev–Trinajstić information content (AvgIpc) is 3.14. The molecule has 1 saturated carbocycles. The summed E-state index contributed by atoms with van der Waals surface area (Å²) in [4.78, 5) is 44.7. The second kappa shape index (κ2) is 8.71. The Bertz CT molecular complexity index is 1170. The van der Waals surface area contributed by atoms with Crippen molar-refractivity contribution in [3.05, 3.63) is 29.6 Å². The van der Waals surface area contributed by atoms with Crippen LogP contribution in [-0.2, 0) is 26.3 Å². The Morgan fingerprint density at radius 3 is 2.51 bits per heavy atom. The van der Waals surface area contributed by atoms with Crippen LogP contribution in [0, 0.1) is 34.0 Å². The van der Waals surface area contributed by atoms with Crippen LogP contribution in [0.4, 0.5) is 13.2 Å². The van der Waals surface area contributed by atoms with Gasteiger partial charge in [-0.15, -0.1) is 0 Å². The maximum Gasteiger partial charge on any atom is 0.471 e. The van der Waals surface area contributed by atoms with Gasteiger partial charge in [0.25, 0.3) is 0 Å². The third-order valence-electron chi connectivity index (χ3n) is 8.30. The lowest BCUT2D eigenvalue weighted by molar-refractivity contribution is -0.176. The first-order valence-electron chi connectivity index (χ1n) is 12.4. The molecule has 1 saturated heterocycles. The van der Waals surface area contributed by atoms with Crippen LogP contribution in [0.1, 0.15) is 58.6 Å². The highest BCUT2D eigenvalue weighted by Gasteiger charge is 2.70. The number of halogens is 3. The quantitative estimate of drug-likeness (QED) is 0.635. The van der Waals surface area contributed by atoms with Crippen LogP contribution >= 0.6 is 0 Å². The molecule has 8 nitrogen and oxygen atoms in total. The number of rotatable bonds is 4. The average molecular weight is 520 g/mol. The van der Waals surface area contributed by atoms with E-state index in [2.05, 4.69) is 16.4 Å². The minimum absolute atomic E-state index is 0.0236. The smallest absolute Gasteiger partial charge is 0.336 e. The summed E-state index contributed by atoms with van der Waals surface area (Å²) in [7, 11) is 0. The summed E-state index contributed by atoms with van der Waals surface area (Å²) < 4.78 is 39.1. The molecule has 11 heteroatoms. The molecule has 200 valence electrons. The Hall–Kier alpha value is -3.16. The van der Waals surface area contributed by atoms with E-state index in [1.807, 2.05) is 25.2 Å². The van der Waals surface area contributed by atoms with Gasteiger partial charge >= 0.3 is 12.1 Å². The molecular formula is C26H32F3N5O3. The van der Waals surface area contributed by atoms with Crippen LogP contribution in [0.5, 0.6) is 0 Å². The van der Waals surface area contributed by atoms with Crippen LogP contribution in [0.3, 0.4) is 0 Å². The number of fused-ring (bicyclic) bond motifs is 2. The van der Waals surface area contributed by atoms with E-state index in [1.165, 1.54) is 4.90 Å². The van der Waals surface area contributed by atoms with E-state index in [4.69, 9.17) is 0 Å². The molecule has 1 aliphatic heterocycles. The highest BCUT2D eigenvalue weighted by molar-refractivity contribution is 5.95. The fourth-order valence-electron chi connectivity index (χ4n) is 6.10. The number of nitriles is 1. The zero-order valence-corrected chi connectivity index (χ0v) is 21.6. The molecule has 2 aliphatic carbocycles. The predicted molar refractivity (Wildman–Crippen MR) is 126 cm³/mol. The minimum Gasteiger partial charge on any atom is -0.336 e. The van der Waals surface area contributed by atoms with E-state index in [0.717, 1.165) is 12.0 Å². The zero-order valence-electron chi connectivity index (χ0n) is 21.6. The number of carbonyl (C=O) groups is 3. The summed E-state index contributed by atoms with van der Waals surface area (Å²) in [6.07, 6.45) is -0.164. The van der Waals surface area contributed by atoms with Crippen molar-refractivity contribution in [3.63, 3.8) is 0 Å². The van der Waals surface area contributed by atoms with E-state index in [1.54, 1.807) is 33.2 Å². The molecule has 2 fully saturated rings. The van der Waals surface area contributed by atoms with E-state index >= 15 is 0 Å². The highest BCUT2D eigenvalue weighted by atomic mass is 19.4. The van der Waals surface area contributed by atoms with Gasteiger partial charge in [-0.25, -0.2) is 0 Å². The summed E-state index contributed by atoms with van der Waals surface area (Å²) in [5, 5.41) is 14.9.